The maximum atomic E-state index is 10.6. The summed E-state index contributed by atoms with van der Waals surface area (Å²) >= 11 is 1.26. The maximum Gasteiger partial charge on any atom is 0.313 e. The molecule has 2 rings (SSSR count). The van der Waals surface area contributed by atoms with Gasteiger partial charge in [-0.1, -0.05) is 11.8 Å². The molecule has 1 N–H and O–H groups in total. The minimum atomic E-state index is -0.824. The fourth-order valence-corrected chi connectivity index (χ4v) is 3.01. The highest BCUT2D eigenvalue weighted by atomic mass is 32.2. The summed E-state index contributed by atoms with van der Waals surface area (Å²) in [6, 6.07) is 0. The summed E-state index contributed by atoms with van der Waals surface area (Å²) in [5.74, 6) is -0.789. The first kappa shape index (κ1) is 12.4. The van der Waals surface area contributed by atoms with Gasteiger partial charge in [0.25, 0.3) is 0 Å². The lowest BCUT2D eigenvalue weighted by Crippen LogP contribution is -2.32. The Morgan fingerprint density at radius 3 is 3.12 bits per heavy atom. The fraction of sp³-hybridized carbons (Fsp3) is 0.636. The normalized spacial score (nSPS) is 24.1. The highest BCUT2D eigenvalue weighted by Gasteiger charge is 2.34. The van der Waals surface area contributed by atoms with Gasteiger partial charge in [-0.15, -0.1) is 0 Å². The van der Waals surface area contributed by atoms with Crippen molar-refractivity contribution in [2.75, 3.05) is 19.0 Å². The second-order valence-corrected chi connectivity index (χ2v) is 5.44. The van der Waals surface area contributed by atoms with Crippen LogP contribution in [0.2, 0.25) is 0 Å². The lowest BCUT2D eigenvalue weighted by Gasteiger charge is -2.27. The monoisotopic (exact) mass is 256 g/mol. The van der Waals surface area contributed by atoms with Gasteiger partial charge >= 0.3 is 5.97 Å². The van der Waals surface area contributed by atoms with Gasteiger partial charge in [0, 0.05) is 18.5 Å². The van der Waals surface area contributed by atoms with Gasteiger partial charge in [0.2, 0.25) is 0 Å². The molecule has 1 aromatic rings. The van der Waals surface area contributed by atoms with E-state index in [9.17, 15) is 4.79 Å². The van der Waals surface area contributed by atoms with Crippen LogP contribution >= 0.6 is 11.8 Å². The first-order valence-electron chi connectivity index (χ1n) is 5.50. The van der Waals surface area contributed by atoms with Crippen LogP contribution in [0, 0.1) is 6.92 Å². The summed E-state index contributed by atoms with van der Waals surface area (Å²) in [7, 11) is 0. The fourth-order valence-electron chi connectivity index (χ4n) is 2.13. The van der Waals surface area contributed by atoms with E-state index in [1.807, 2.05) is 6.92 Å². The third-order valence-electron chi connectivity index (χ3n) is 2.97. The van der Waals surface area contributed by atoms with E-state index in [0.29, 0.717) is 6.61 Å². The molecule has 1 saturated heterocycles. The first-order chi connectivity index (χ1) is 8.03. The number of carboxylic acid groups (broad SMARTS) is 1. The van der Waals surface area contributed by atoms with E-state index in [1.165, 1.54) is 11.8 Å². The van der Waals surface area contributed by atoms with Crippen LogP contribution in [-0.2, 0) is 15.1 Å². The number of rotatable bonds is 4. The number of nitrogens with zero attached hydrogens (tertiary/aromatic N) is 2. The maximum absolute atomic E-state index is 10.6. The Hall–Kier alpha value is -1.01. The Bertz CT molecular complexity index is 424. The Labute approximate surface area is 104 Å². The second-order valence-electron chi connectivity index (χ2n) is 4.50. The standard InChI is InChI=1S/C11H16N2O3S/c1-8-5-12-10(17-6-9(14)15)13(8)11(2)3-4-16-7-11/h5H,3-4,6-7H2,1-2H3,(H,14,15). The molecule has 0 radical (unpaired) electrons. The number of carboxylic acids is 1. The van der Waals surface area contributed by atoms with Gasteiger partial charge in [0.05, 0.1) is 17.9 Å². The number of carbonyl (C=O) groups is 1. The van der Waals surface area contributed by atoms with Gasteiger partial charge in [-0.3, -0.25) is 4.79 Å². The Morgan fingerprint density at radius 2 is 2.53 bits per heavy atom. The molecule has 6 heteroatoms. The molecular weight excluding hydrogens is 240 g/mol. The summed E-state index contributed by atoms with van der Waals surface area (Å²) in [4.78, 5) is 14.9. The van der Waals surface area contributed by atoms with Gasteiger partial charge in [-0.05, 0) is 20.3 Å². The van der Waals surface area contributed by atoms with Gasteiger partial charge in [-0.2, -0.15) is 0 Å². The summed E-state index contributed by atoms with van der Waals surface area (Å²) in [5.41, 5.74) is 0.951. The third kappa shape index (κ3) is 2.47. The third-order valence-corrected chi connectivity index (χ3v) is 3.91. The van der Waals surface area contributed by atoms with Gasteiger partial charge in [0.15, 0.2) is 5.16 Å². The van der Waals surface area contributed by atoms with Gasteiger partial charge in [-0.25, -0.2) is 4.98 Å². The zero-order chi connectivity index (χ0) is 12.5. The molecule has 2 heterocycles. The van der Waals surface area contributed by atoms with Crippen molar-refractivity contribution >= 4 is 17.7 Å². The highest BCUT2D eigenvalue weighted by Crippen LogP contribution is 2.32. The molecule has 1 aliphatic heterocycles. The van der Waals surface area contributed by atoms with Crippen molar-refractivity contribution in [3.8, 4) is 0 Å². The number of aryl methyl sites for hydroxylation is 1. The average Bonchev–Trinajstić information content (AvgIpc) is 2.83. The van der Waals surface area contributed by atoms with E-state index in [4.69, 9.17) is 9.84 Å². The van der Waals surface area contributed by atoms with Crippen molar-refractivity contribution in [1.29, 1.82) is 0 Å². The topological polar surface area (TPSA) is 64.3 Å². The second kappa shape index (κ2) is 4.70. The van der Waals surface area contributed by atoms with Crippen LogP contribution in [0.25, 0.3) is 0 Å². The van der Waals surface area contributed by atoms with Gasteiger partial charge < -0.3 is 14.4 Å². The molecular formula is C11H16N2O3S. The zero-order valence-corrected chi connectivity index (χ0v) is 10.8. The Morgan fingerprint density at radius 1 is 1.76 bits per heavy atom. The van der Waals surface area contributed by atoms with E-state index in [1.54, 1.807) is 6.20 Å². The van der Waals surface area contributed by atoms with E-state index in [2.05, 4.69) is 16.5 Å². The lowest BCUT2D eigenvalue weighted by molar-refractivity contribution is -0.133. The molecule has 0 bridgehead atoms. The van der Waals surface area contributed by atoms with E-state index in [0.717, 1.165) is 23.9 Å². The van der Waals surface area contributed by atoms with Crippen molar-refractivity contribution < 1.29 is 14.6 Å². The summed E-state index contributed by atoms with van der Waals surface area (Å²) in [6.45, 7) is 5.52. The molecule has 0 aromatic carbocycles. The van der Waals surface area contributed by atoms with Crippen LogP contribution in [0.4, 0.5) is 0 Å². The summed E-state index contributed by atoms with van der Waals surface area (Å²) in [6.07, 6.45) is 2.72. The van der Waals surface area contributed by atoms with Crippen LogP contribution in [0.3, 0.4) is 0 Å². The van der Waals surface area contributed by atoms with Crippen molar-refractivity contribution in [2.45, 2.75) is 31.0 Å². The molecule has 0 amide bonds. The lowest BCUT2D eigenvalue weighted by atomic mass is 10.0. The molecule has 5 nitrogen and oxygen atoms in total. The van der Waals surface area contributed by atoms with Crippen LogP contribution in [-0.4, -0.2) is 39.6 Å². The molecule has 94 valence electrons. The smallest absolute Gasteiger partial charge is 0.313 e. The summed E-state index contributed by atoms with van der Waals surface area (Å²) in [5, 5.41) is 9.48. The molecule has 1 aliphatic rings. The first-order valence-corrected chi connectivity index (χ1v) is 6.49. The molecule has 0 saturated carbocycles. The number of aromatic nitrogens is 2. The SMILES string of the molecule is Cc1cnc(SCC(=O)O)n1C1(C)CCOC1. The number of aliphatic carboxylic acids is 1. The van der Waals surface area contributed by atoms with E-state index >= 15 is 0 Å². The average molecular weight is 256 g/mol. The quantitative estimate of drug-likeness (QED) is 0.827. The van der Waals surface area contributed by atoms with Crippen LogP contribution < -0.4 is 0 Å². The predicted molar refractivity (Wildman–Crippen MR) is 64.4 cm³/mol. The van der Waals surface area contributed by atoms with Gasteiger partial charge in [0.1, 0.15) is 0 Å². The van der Waals surface area contributed by atoms with Crippen molar-refractivity contribution in [3.05, 3.63) is 11.9 Å². The van der Waals surface area contributed by atoms with Crippen molar-refractivity contribution in [2.24, 2.45) is 0 Å². The largest absolute Gasteiger partial charge is 0.481 e. The Kier molecular flexibility index (Phi) is 3.44. The number of ether oxygens (including phenoxy) is 1. The molecule has 1 unspecified atom stereocenters. The number of hydrogen-bond donors (Lipinski definition) is 1. The number of hydrogen-bond acceptors (Lipinski definition) is 4. The van der Waals surface area contributed by atoms with E-state index in [-0.39, 0.29) is 11.3 Å². The van der Waals surface area contributed by atoms with Crippen LogP contribution in [0.1, 0.15) is 19.0 Å². The molecule has 1 fully saturated rings. The molecule has 0 spiro atoms. The minimum Gasteiger partial charge on any atom is -0.481 e. The van der Waals surface area contributed by atoms with Crippen LogP contribution in [0.15, 0.2) is 11.4 Å². The Balaban J connectivity index is 2.25. The molecule has 0 aliphatic carbocycles. The summed E-state index contributed by atoms with van der Waals surface area (Å²) < 4.78 is 7.55. The molecule has 1 atom stereocenters. The molecule has 1 aromatic heterocycles. The van der Waals surface area contributed by atoms with E-state index < -0.39 is 5.97 Å². The zero-order valence-electron chi connectivity index (χ0n) is 9.97. The number of imidazole rings is 1. The number of thioether (sulfide) groups is 1. The molecule has 17 heavy (non-hydrogen) atoms. The van der Waals surface area contributed by atoms with Crippen molar-refractivity contribution in [3.63, 3.8) is 0 Å². The van der Waals surface area contributed by atoms with Crippen LogP contribution in [0.5, 0.6) is 0 Å². The highest BCUT2D eigenvalue weighted by molar-refractivity contribution is 7.99. The van der Waals surface area contributed by atoms with Crippen molar-refractivity contribution in [1.82, 2.24) is 9.55 Å². The minimum absolute atomic E-state index is 0.0351. The predicted octanol–water partition coefficient (Wildman–Crippen LogP) is 1.50.